The smallest absolute Gasteiger partial charge is 0.227 e. The van der Waals surface area contributed by atoms with E-state index in [0.29, 0.717) is 13.2 Å². The monoisotopic (exact) mass is 258 g/mol. The molecule has 5 heteroatoms. The van der Waals surface area contributed by atoms with E-state index in [9.17, 15) is 4.79 Å². The Morgan fingerprint density at radius 1 is 1.33 bits per heavy atom. The summed E-state index contributed by atoms with van der Waals surface area (Å²) >= 11 is 0. The summed E-state index contributed by atoms with van der Waals surface area (Å²) in [5.74, 6) is 0.0779. The number of rotatable bonds is 9. The summed E-state index contributed by atoms with van der Waals surface area (Å²) in [7, 11) is 1.71. The first-order chi connectivity index (χ1) is 8.79. The van der Waals surface area contributed by atoms with Crippen LogP contribution in [0, 0.1) is 5.92 Å². The fraction of sp³-hybridized carbons (Fsp3) is 0.923. The van der Waals surface area contributed by atoms with Gasteiger partial charge in [-0.25, -0.2) is 0 Å². The van der Waals surface area contributed by atoms with Gasteiger partial charge in [0.25, 0.3) is 0 Å². The molecule has 1 amide bonds. The molecule has 0 radical (unpaired) electrons. The quantitative estimate of drug-likeness (QED) is 0.593. The highest BCUT2D eigenvalue weighted by molar-refractivity contribution is 5.79. The van der Waals surface area contributed by atoms with E-state index in [-0.39, 0.29) is 17.9 Å². The molecule has 5 nitrogen and oxygen atoms in total. The molecule has 1 fully saturated rings. The van der Waals surface area contributed by atoms with Crippen molar-refractivity contribution in [3.8, 4) is 0 Å². The van der Waals surface area contributed by atoms with Gasteiger partial charge in [-0.2, -0.15) is 0 Å². The number of carbonyl (C=O) groups excluding carboxylic acids is 1. The molecule has 1 aliphatic heterocycles. The number of methoxy groups -OCH3 is 1. The van der Waals surface area contributed by atoms with E-state index in [1.807, 2.05) is 6.92 Å². The minimum Gasteiger partial charge on any atom is -0.385 e. The van der Waals surface area contributed by atoms with Gasteiger partial charge in [-0.1, -0.05) is 6.92 Å². The molecule has 1 aliphatic rings. The molecule has 0 aromatic rings. The molecule has 2 atom stereocenters. The van der Waals surface area contributed by atoms with Crippen LogP contribution < -0.4 is 10.6 Å². The molecule has 0 aliphatic carbocycles. The third-order valence-electron chi connectivity index (χ3n) is 3.21. The largest absolute Gasteiger partial charge is 0.385 e. The molecule has 1 saturated heterocycles. The lowest BCUT2D eigenvalue weighted by Gasteiger charge is -2.17. The molecule has 2 N–H and O–H groups in total. The SMILES string of the molecule is CCNC1COCC1C(=O)NCCCCCOC. The molecule has 2 unspecified atom stereocenters. The first-order valence-electron chi connectivity index (χ1n) is 6.87. The molecule has 0 spiro atoms. The number of hydrogen-bond acceptors (Lipinski definition) is 4. The third-order valence-corrected chi connectivity index (χ3v) is 3.21. The lowest BCUT2D eigenvalue weighted by atomic mass is 10.0. The zero-order valence-electron chi connectivity index (χ0n) is 11.5. The standard InChI is InChI=1S/C13H26N2O3/c1-3-14-12-10-18-9-11(12)13(16)15-7-5-4-6-8-17-2/h11-12,14H,3-10H2,1-2H3,(H,15,16). The Bertz CT molecular complexity index is 236. The van der Waals surface area contributed by atoms with Gasteiger partial charge in [0.15, 0.2) is 0 Å². The Kier molecular flexibility index (Phi) is 7.96. The number of unbranched alkanes of at least 4 members (excludes halogenated alkanes) is 2. The first kappa shape index (κ1) is 15.4. The van der Waals surface area contributed by atoms with Crippen molar-refractivity contribution in [1.29, 1.82) is 0 Å². The Balaban J connectivity index is 2.12. The van der Waals surface area contributed by atoms with Gasteiger partial charge in [-0.15, -0.1) is 0 Å². The van der Waals surface area contributed by atoms with Crippen LogP contribution in [0.1, 0.15) is 26.2 Å². The van der Waals surface area contributed by atoms with Gasteiger partial charge >= 0.3 is 0 Å². The van der Waals surface area contributed by atoms with Crippen molar-refractivity contribution in [3.63, 3.8) is 0 Å². The zero-order chi connectivity index (χ0) is 13.2. The van der Waals surface area contributed by atoms with Crippen LogP contribution in [0.4, 0.5) is 0 Å². The molecule has 0 aromatic carbocycles. The fourth-order valence-electron chi connectivity index (χ4n) is 2.17. The van der Waals surface area contributed by atoms with Crippen molar-refractivity contribution in [2.24, 2.45) is 5.92 Å². The van der Waals surface area contributed by atoms with Crippen molar-refractivity contribution >= 4 is 5.91 Å². The van der Waals surface area contributed by atoms with Crippen molar-refractivity contribution in [2.75, 3.05) is 40.0 Å². The number of likely N-dealkylation sites (N-methyl/N-ethyl adjacent to an activating group) is 1. The van der Waals surface area contributed by atoms with Gasteiger partial charge < -0.3 is 20.1 Å². The molecular weight excluding hydrogens is 232 g/mol. The summed E-state index contributed by atoms with van der Waals surface area (Å²) < 4.78 is 10.3. The van der Waals surface area contributed by atoms with Gasteiger partial charge in [0.05, 0.1) is 19.1 Å². The normalized spacial score (nSPS) is 23.2. The van der Waals surface area contributed by atoms with E-state index < -0.39 is 0 Å². The number of hydrogen-bond donors (Lipinski definition) is 2. The first-order valence-corrected chi connectivity index (χ1v) is 6.87. The molecule has 18 heavy (non-hydrogen) atoms. The van der Waals surface area contributed by atoms with E-state index >= 15 is 0 Å². The molecular formula is C13H26N2O3. The van der Waals surface area contributed by atoms with E-state index in [2.05, 4.69) is 10.6 Å². The number of carbonyl (C=O) groups is 1. The average molecular weight is 258 g/mol. The molecule has 1 heterocycles. The highest BCUT2D eigenvalue weighted by Gasteiger charge is 2.32. The summed E-state index contributed by atoms with van der Waals surface area (Å²) in [6, 6.07) is 0.170. The summed E-state index contributed by atoms with van der Waals surface area (Å²) in [5, 5.41) is 6.28. The Hall–Kier alpha value is -0.650. The second kappa shape index (κ2) is 9.30. The summed E-state index contributed by atoms with van der Waals surface area (Å²) in [6.07, 6.45) is 3.15. The van der Waals surface area contributed by atoms with Crippen LogP contribution in [0.25, 0.3) is 0 Å². The predicted molar refractivity (Wildman–Crippen MR) is 70.5 cm³/mol. The highest BCUT2D eigenvalue weighted by atomic mass is 16.5. The lowest BCUT2D eigenvalue weighted by Crippen LogP contribution is -2.44. The Labute approximate surface area is 110 Å². The van der Waals surface area contributed by atoms with Crippen LogP contribution in [0.3, 0.4) is 0 Å². The molecule has 0 bridgehead atoms. The minimum atomic E-state index is -0.0380. The molecule has 106 valence electrons. The third kappa shape index (κ3) is 5.33. The molecule has 0 aromatic heterocycles. The minimum absolute atomic E-state index is 0.0380. The zero-order valence-corrected chi connectivity index (χ0v) is 11.5. The Morgan fingerprint density at radius 3 is 2.89 bits per heavy atom. The van der Waals surface area contributed by atoms with Crippen molar-refractivity contribution in [2.45, 2.75) is 32.2 Å². The van der Waals surface area contributed by atoms with Crippen LogP contribution in [0.5, 0.6) is 0 Å². The van der Waals surface area contributed by atoms with E-state index in [0.717, 1.165) is 39.0 Å². The van der Waals surface area contributed by atoms with Crippen LogP contribution >= 0.6 is 0 Å². The van der Waals surface area contributed by atoms with Crippen LogP contribution in [-0.2, 0) is 14.3 Å². The van der Waals surface area contributed by atoms with Crippen molar-refractivity contribution in [3.05, 3.63) is 0 Å². The summed E-state index contributed by atoms with van der Waals surface area (Å²) in [5.41, 5.74) is 0. The predicted octanol–water partition coefficient (Wildman–Crippen LogP) is 0.544. The number of amides is 1. The molecule has 1 rings (SSSR count). The van der Waals surface area contributed by atoms with Gasteiger partial charge in [-0.05, 0) is 25.8 Å². The fourth-order valence-corrected chi connectivity index (χ4v) is 2.17. The maximum absolute atomic E-state index is 12.0. The van der Waals surface area contributed by atoms with E-state index in [1.54, 1.807) is 7.11 Å². The second-order valence-electron chi connectivity index (χ2n) is 4.65. The van der Waals surface area contributed by atoms with Gasteiger partial charge in [0.2, 0.25) is 5.91 Å². The van der Waals surface area contributed by atoms with Crippen LogP contribution in [0.15, 0.2) is 0 Å². The van der Waals surface area contributed by atoms with Crippen molar-refractivity contribution in [1.82, 2.24) is 10.6 Å². The topological polar surface area (TPSA) is 59.6 Å². The van der Waals surface area contributed by atoms with Crippen LogP contribution in [-0.4, -0.2) is 52.0 Å². The van der Waals surface area contributed by atoms with E-state index in [1.165, 1.54) is 0 Å². The lowest BCUT2D eigenvalue weighted by molar-refractivity contribution is -0.125. The van der Waals surface area contributed by atoms with Crippen molar-refractivity contribution < 1.29 is 14.3 Å². The average Bonchev–Trinajstić information content (AvgIpc) is 2.82. The summed E-state index contributed by atoms with van der Waals surface area (Å²) in [4.78, 5) is 12.0. The van der Waals surface area contributed by atoms with Crippen LogP contribution in [0.2, 0.25) is 0 Å². The summed E-state index contributed by atoms with van der Waals surface area (Å²) in [6.45, 7) is 5.63. The van der Waals surface area contributed by atoms with Gasteiger partial charge in [0, 0.05) is 26.3 Å². The van der Waals surface area contributed by atoms with Gasteiger partial charge in [0.1, 0.15) is 0 Å². The maximum Gasteiger partial charge on any atom is 0.227 e. The second-order valence-corrected chi connectivity index (χ2v) is 4.65. The Morgan fingerprint density at radius 2 is 2.17 bits per heavy atom. The van der Waals surface area contributed by atoms with E-state index in [4.69, 9.17) is 9.47 Å². The van der Waals surface area contributed by atoms with Gasteiger partial charge in [-0.3, -0.25) is 4.79 Å². The number of nitrogens with one attached hydrogen (secondary N) is 2. The molecule has 0 saturated carbocycles. The highest BCUT2D eigenvalue weighted by Crippen LogP contribution is 2.13. The number of ether oxygens (including phenoxy) is 2. The maximum atomic E-state index is 12.0.